The average molecular weight is 444 g/mol. The normalized spacial score (nSPS) is 24.8. The van der Waals surface area contributed by atoms with E-state index >= 15 is 0 Å². The molecule has 2 N–H and O–H groups in total. The molecule has 0 aliphatic carbocycles. The predicted molar refractivity (Wildman–Crippen MR) is 123 cm³/mol. The second kappa shape index (κ2) is 9.98. The van der Waals surface area contributed by atoms with Crippen molar-refractivity contribution in [1.29, 1.82) is 0 Å². The highest BCUT2D eigenvalue weighted by Crippen LogP contribution is 2.33. The topological polar surface area (TPSA) is 79.3 Å². The summed E-state index contributed by atoms with van der Waals surface area (Å²) < 4.78 is 15.5. The molecule has 2 amide bonds. The lowest BCUT2D eigenvalue weighted by atomic mass is 9.92. The molecule has 0 radical (unpaired) electrons. The van der Waals surface area contributed by atoms with E-state index < -0.39 is 12.1 Å². The highest BCUT2D eigenvalue weighted by atomic mass is 19.1. The zero-order valence-corrected chi connectivity index (χ0v) is 19.1. The number of imide groups is 1. The second-order valence-corrected chi connectivity index (χ2v) is 9.33. The fraction of sp³-hybridized carbons (Fsp3) is 0.625. The summed E-state index contributed by atoms with van der Waals surface area (Å²) in [6, 6.07) is 5.94. The van der Waals surface area contributed by atoms with Crippen molar-refractivity contribution in [2.45, 2.75) is 57.5 Å². The fourth-order valence-electron chi connectivity index (χ4n) is 4.81. The zero-order chi connectivity index (χ0) is 22.7. The van der Waals surface area contributed by atoms with Gasteiger partial charge < -0.3 is 10.2 Å². The number of hydrogen-bond acceptors (Lipinski definition) is 5. The fourth-order valence-corrected chi connectivity index (χ4v) is 4.81. The Morgan fingerprint density at radius 1 is 1.12 bits per heavy atom. The van der Waals surface area contributed by atoms with Crippen LogP contribution in [0.5, 0.6) is 0 Å². The first kappa shape index (κ1) is 22.7. The third kappa shape index (κ3) is 5.11. The van der Waals surface area contributed by atoms with E-state index in [1.165, 1.54) is 25.9 Å². The van der Waals surface area contributed by atoms with Crippen molar-refractivity contribution in [3.8, 4) is 0 Å². The smallest absolute Gasteiger partial charge is 0.235 e. The molecule has 7 nitrogen and oxygen atoms in total. The Morgan fingerprint density at radius 2 is 1.91 bits per heavy atom. The van der Waals surface area contributed by atoms with Crippen molar-refractivity contribution < 1.29 is 14.0 Å². The Kier molecular flexibility index (Phi) is 7.08. The quantitative estimate of drug-likeness (QED) is 0.698. The molecule has 1 aromatic heterocycles. The average Bonchev–Trinajstić information content (AvgIpc) is 3.10. The molecule has 0 saturated carbocycles. The molecular formula is C24H34FN5O2. The number of hydrogen-bond donors (Lipinski definition) is 2. The molecule has 174 valence electrons. The molecule has 3 fully saturated rings. The predicted octanol–water partition coefficient (Wildman–Crippen LogP) is 3.04. The minimum Gasteiger partial charge on any atom is -0.369 e. The van der Waals surface area contributed by atoms with Crippen LogP contribution in [0.3, 0.4) is 0 Å². The monoisotopic (exact) mass is 443 g/mol. The molecule has 0 spiro atoms. The summed E-state index contributed by atoms with van der Waals surface area (Å²) in [5, 5.41) is 11.2. The largest absolute Gasteiger partial charge is 0.369 e. The third-order valence-corrected chi connectivity index (χ3v) is 6.79. The van der Waals surface area contributed by atoms with Gasteiger partial charge in [-0.2, -0.15) is 5.10 Å². The first-order valence-corrected chi connectivity index (χ1v) is 11.8. The summed E-state index contributed by atoms with van der Waals surface area (Å²) in [6.07, 6.45) is 4.26. The summed E-state index contributed by atoms with van der Waals surface area (Å²) >= 11 is 0. The van der Waals surface area contributed by atoms with Gasteiger partial charge in [0.25, 0.3) is 0 Å². The van der Waals surface area contributed by atoms with E-state index in [0.717, 1.165) is 35.5 Å². The second-order valence-electron chi connectivity index (χ2n) is 9.33. The van der Waals surface area contributed by atoms with Gasteiger partial charge in [0.05, 0.1) is 17.1 Å². The molecule has 1 unspecified atom stereocenters. The van der Waals surface area contributed by atoms with Crippen molar-refractivity contribution in [3.05, 3.63) is 23.9 Å². The number of rotatable bonds is 2. The Morgan fingerprint density at radius 3 is 2.56 bits per heavy atom. The first-order valence-electron chi connectivity index (χ1n) is 11.8. The number of alkyl halides is 1. The molecule has 0 bridgehead atoms. The van der Waals surface area contributed by atoms with Crippen LogP contribution in [0, 0.1) is 5.92 Å². The van der Waals surface area contributed by atoms with Gasteiger partial charge in [-0.15, -0.1) is 0 Å². The van der Waals surface area contributed by atoms with Crippen molar-refractivity contribution in [1.82, 2.24) is 20.4 Å². The molecule has 3 aliphatic heterocycles. The molecular weight excluding hydrogens is 409 g/mol. The van der Waals surface area contributed by atoms with Crippen LogP contribution < -0.4 is 15.5 Å². The van der Waals surface area contributed by atoms with Crippen LogP contribution in [0.4, 0.5) is 10.1 Å². The van der Waals surface area contributed by atoms with E-state index in [2.05, 4.69) is 27.6 Å². The van der Waals surface area contributed by atoms with Crippen LogP contribution in [0.15, 0.2) is 18.2 Å². The van der Waals surface area contributed by atoms with Crippen molar-refractivity contribution in [3.63, 3.8) is 0 Å². The number of nitrogens with one attached hydrogen (secondary N) is 2. The van der Waals surface area contributed by atoms with Gasteiger partial charge in [0.15, 0.2) is 0 Å². The number of fused-ring (bicyclic) bond motifs is 1. The van der Waals surface area contributed by atoms with Crippen LogP contribution in [0.2, 0.25) is 0 Å². The molecule has 2 atom stereocenters. The summed E-state index contributed by atoms with van der Waals surface area (Å²) in [5.41, 5.74) is 2.60. The maximum Gasteiger partial charge on any atom is 0.235 e. The van der Waals surface area contributed by atoms with Gasteiger partial charge in [-0.3, -0.25) is 19.6 Å². The maximum atomic E-state index is 13.7. The van der Waals surface area contributed by atoms with Crippen molar-refractivity contribution in [2.24, 2.45) is 13.0 Å². The number of aromatic nitrogens is 2. The summed E-state index contributed by atoms with van der Waals surface area (Å²) in [5.74, 6) is 0.0602. The Hall–Kier alpha value is -2.48. The van der Waals surface area contributed by atoms with E-state index in [-0.39, 0.29) is 11.8 Å². The lowest BCUT2D eigenvalue weighted by Gasteiger charge is -2.31. The highest BCUT2D eigenvalue weighted by Gasteiger charge is 2.31. The number of benzene rings is 1. The molecule has 3 saturated heterocycles. The van der Waals surface area contributed by atoms with Gasteiger partial charge >= 0.3 is 0 Å². The standard InChI is InChI=1S/C18H21FN4O2.C6H13N/c1-22-15-9-12(23-8-2-3-11(19)10-23)4-5-13(15)17(21-22)14-6-7-16(24)20-18(14)25;1-6-2-4-7-5-3-6/h4-5,9,11,14H,2-3,6-8,10H2,1H3,(H,20,24,25);6-7H,2-5H2,1H3/t11-,14?;/m1./s1. The Balaban J connectivity index is 0.000000300. The Labute approximate surface area is 188 Å². The van der Waals surface area contributed by atoms with Gasteiger partial charge in [0.1, 0.15) is 6.17 Å². The van der Waals surface area contributed by atoms with Gasteiger partial charge in [-0.05, 0) is 69.3 Å². The van der Waals surface area contributed by atoms with Crippen LogP contribution in [0.1, 0.15) is 57.1 Å². The minimum atomic E-state index is -0.782. The van der Waals surface area contributed by atoms with Gasteiger partial charge in [-0.1, -0.05) is 6.92 Å². The lowest BCUT2D eigenvalue weighted by Crippen LogP contribution is -2.39. The van der Waals surface area contributed by atoms with E-state index in [9.17, 15) is 14.0 Å². The van der Waals surface area contributed by atoms with E-state index in [4.69, 9.17) is 0 Å². The minimum absolute atomic E-state index is 0.227. The number of amides is 2. The molecule has 32 heavy (non-hydrogen) atoms. The van der Waals surface area contributed by atoms with Crippen LogP contribution >= 0.6 is 0 Å². The number of anilines is 1. The summed E-state index contributed by atoms with van der Waals surface area (Å²) in [7, 11) is 1.84. The lowest BCUT2D eigenvalue weighted by molar-refractivity contribution is -0.134. The summed E-state index contributed by atoms with van der Waals surface area (Å²) in [6.45, 7) is 6.07. The van der Waals surface area contributed by atoms with E-state index in [0.29, 0.717) is 31.5 Å². The molecule has 8 heteroatoms. The number of carbonyl (C=O) groups excluding carboxylic acids is 2. The van der Waals surface area contributed by atoms with Crippen LogP contribution in [-0.4, -0.2) is 53.9 Å². The van der Waals surface area contributed by atoms with Crippen molar-refractivity contribution >= 4 is 28.4 Å². The highest BCUT2D eigenvalue weighted by molar-refractivity contribution is 6.02. The van der Waals surface area contributed by atoms with Crippen LogP contribution in [0.25, 0.3) is 10.9 Å². The SMILES string of the molecule is CC1CCNCC1.Cn1nc(C2CCC(=O)NC2=O)c2ccc(N3CCC[C@@H](F)C3)cc21. The molecule has 1 aromatic carbocycles. The van der Waals surface area contributed by atoms with E-state index in [1.807, 2.05) is 25.2 Å². The first-order chi connectivity index (χ1) is 15.4. The van der Waals surface area contributed by atoms with E-state index in [1.54, 1.807) is 4.68 Å². The number of halogens is 1. The number of nitrogens with zero attached hydrogens (tertiary/aromatic N) is 3. The number of carbonyl (C=O) groups is 2. The molecule has 4 heterocycles. The molecule has 5 rings (SSSR count). The number of aryl methyl sites for hydroxylation is 1. The van der Waals surface area contributed by atoms with Gasteiger partial charge in [-0.25, -0.2) is 4.39 Å². The number of piperidine rings is 3. The van der Waals surface area contributed by atoms with Crippen molar-refractivity contribution in [2.75, 3.05) is 31.1 Å². The van der Waals surface area contributed by atoms with Gasteiger partial charge in [0.2, 0.25) is 11.8 Å². The van der Waals surface area contributed by atoms with Gasteiger partial charge in [0, 0.05) is 37.6 Å². The van der Waals surface area contributed by atoms with Crippen LogP contribution in [-0.2, 0) is 16.6 Å². The zero-order valence-electron chi connectivity index (χ0n) is 19.1. The molecule has 3 aliphatic rings. The Bertz CT molecular complexity index is 969. The third-order valence-electron chi connectivity index (χ3n) is 6.79. The maximum absolute atomic E-state index is 13.7. The molecule has 2 aromatic rings. The summed E-state index contributed by atoms with van der Waals surface area (Å²) in [4.78, 5) is 25.6.